The monoisotopic (exact) mass is 567 g/mol. The van der Waals surface area contributed by atoms with Crippen molar-refractivity contribution in [1.29, 1.82) is 0 Å². The van der Waals surface area contributed by atoms with Gasteiger partial charge in [0.15, 0.2) is 0 Å². The minimum absolute atomic E-state index is 0.0705. The van der Waals surface area contributed by atoms with Crippen molar-refractivity contribution >= 4 is 52.3 Å². The molecule has 7 nitrogen and oxygen atoms in total. The molecule has 1 unspecified atom stereocenters. The lowest BCUT2D eigenvalue weighted by atomic mass is 9.85. The first kappa shape index (κ1) is 28.2. The van der Waals surface area contributed by atoms with Crippen molar-refractivity contribution in [1.82, 2.24) is 0 Å². The number of carbonyl (C=O) groups is 3. The zero-order valence-electron chi connectivity index (χ0n) is 21.8. The second kappa shape index (κ2) is 10.8. The lowest BCUT2D eigenvalue weighted by Crippen LogP contribution is -2.29. The number of ether oxygens (including phenoxy) is 1. The molecule has 4 rings (SSSR count). The van der Waals surface area contributed by atoms with E-state index in [0.29, 0.717) is 16.8 Å². The van der Waals surface area contributed by atoms with E-state index in [2.05, 4.69) is 20.8 Å². The van der Waals surface area contributed by atoms with Crippen LogP contribution in [-0.4, -0.2) is 35.0 Å². The Morgan fingerprint density at radius 1 is 0.974 bits per heavy atom. The second-order valence-corrected chi connectivity index (χ2v) is 11.1. The summed E-state index contributed by atoms with van der Waals surface area (Å²) >= 11 is 12.5. The highest BCUT2D eigenvalue weighted by molar-refractivity contribution is 6.52. The number of hydrogen-bond acceptors (Lipinski definition) is 5. The maximum absolute atomic E-state index is 13.5. The van der Waals surface area contributed by atoms with Gasteiger partial charge in [-0.2, -0.15) is 0 Å². The lowest BCUT2D eigenvalue weighted by molar-refractivity contribution is -0.136. The third kappa shape index (κ3) is 5.51. The average Bonchev–Trinajstić information content (AvgIpc) is 3.13. The summed E-state index contributed by atoms with van der Waals surface area (Å²) in [5, 5.41) is 20.9. The number of rotatable bonds is 6. The largest absolute Gasteiger partial charge is 0.507 e. The molecule has 0 bridgehead atoms. The third-order valence-corrected chi connectivity index (χ3v) is 7.07. The van der Waals surface area contributed by atoms with Crippen molar-refractivity contribution in [3.05, 3.63) is 98.5 Å². The van der Waals surface area contributed by atoms with Crippen LogP contribution >= 0.6 is 23.2 Å². The van der Waals surface area contributed by atoms with Gasteiger partial charge in [0, 0.05) is 10.7 Å². The molecular weight excluding hydrogens is 541 g/mol. The van der Waals surface area contributed by atoms with E-state index in [1.54, 1.807) is 24.3 Å². The van der Waals surface area contributed by atoms with Crippen LogP contribution in [0.1, 0.15) is 49.1 Å². The first-order chi connectivity index (χ1) is 18.3. The number of benzene rings is 3. The minimum atomic E-state index is -0.994. The Labute approximate surface area is 236 Å². The number of aliphatic hydroxyl groups is 1. The molecular formula is C30H27Cl2NO6. The van der Waals surface area contributed by atoms with Crippen LogP contribution in [0.2, 0.25) is 10.0 Å². The zero-order chi connectivity index (χ0) is 28.6. The van der Waals surface area contributed by atoms with E-state index in [1.165, 1.54) is 24.1 Å². The number of Topliss-reactive ketones (excluding diaryl/α,β-unsaturated/α-hetero) is 1. The van der Waals surface area contributed by atoms with Crippen molar-refractivity contribution in [2.75, 3.05) is 12.0 Å². The fourth-order valence-electron chi connectivity index (χ4n) is 4.62. The molecule has 1 amide bonds. The molecule has 1 heterocycles. The Morgan fingerprint density at radius 2 is 1.59 bits per heavy atom. The molecule has 39 heavy (non-hydrogen) atoms. The molecule has 0 spiro atoms. The number of halogens is 2. The van der Waals surface area contributed by atoms with Crippen molar-refractivity contribution < 1.29 is 29.3 Å². The Kier molecular flexibility index (Phi) is 7.77. The smallest absolute Gasteiger partial charge is 0.307 e. The molecule has 2 N–H and O–H groups in total. The van der Waals surface area contributed by atoms with Crippen molar-refractivity contribution in [2.24, 2.45) is 0 Å². The Balaban J connectivity index is 1.95. The quantitative estimate of drug-likeness (QED) is 0.199. The highest BCUT2D eigenvalue weighted by Crippen LogP contribution is 2.45. The van der Waals surface area contributed by atoms with Gasteiger partial charge in [-0.25, -0.2) is 0 Å². The number of aliphatic carboxylic acids is 1. The maximum atomic E-state index is 13.5. The summed E-state index contributed by atoms with van der Waals surface area (Å²) in [4.78, 5) is 39.4. The molecule has 0 radical (unpaired) electrons. The van der Waals surface area contributed by atoms with Crippen LogP contribution in [0.4, 0.5) is 5.69 Å². The molecule has 9 heteroatoms. The first-order valence-corrected chi connectivity index (χ1v) is 12.8. The summed E-state index contributed by atoms with van der Waals surface area (Å²) in [6.07, 6.45) is -0.188. The van der Waals surface area contributed by atoms with Crippen molar-refractivity contribution in [2.45, 2.75) is 38.6 Å². The summed E-state index contributed by atoms with van der Waals surface area (Å²) in [7, 11) is 1.37. The number of hydrogen-bond donors (Lipinski definition) is 2. The summed E-state index contributed by atoms with van der Waals surface area (Å²) in [5.41, 5.74) is 2.31. The SMILES string of the molecule is COc1c(Cl)cc(Cl)cc1/C(O)=C1\C(=O)C(=O)N(c2ccc(CC(=O)O)cc2)C1c1ccc(C(C)(C)C)cc1. The van der Waals surface area contributed by atoms with E-state index in [0.717, 1.165) is 5.56 Å². The number of carbonyl (C=O) groups excluding carboxylic acids is 2. The number of ketones is 1. The topological polar surface area (TPSA) is 104 Å². The van der Waals surface area contributed by atoms with Crippen molar-refractivity contribution in [3.8, 4) is 5.75 Å². The number of methoxy groups -OCH3 is 1. The van der Waals surface area contributed by atoms with E-state index >= 15 is 0 Å². The lowest BCUT2D eigenvalue weighted by Gasteiger charge is -2.27. The molecule has 0 saturated carbocycles. The molecule has 3 aromatic carbocycles. The van der Waals surface area contributed by atoms with Gasteiger partial charge in [0.25, 0.3) is 11.7 Å². The molecule has 1 aliphatic rings. The summed E-state index contributed by atoms with van der Waals surface area (Å²) in [6, 6.07) is 15.7. The fourth-order valence-corrected chi connectivity index (χ4v) is 5.19. The van der Waals surface area contributed by atoms with Crippen LogP contribution < -0.4 is 9.64 Å². The van der Waals surface area contributed by atoms with Crippen LogP contribution in [0.5, 0.6) is 5.75 Å². The van der Waals surface area contributed by atoms with E-state index in [-0.39, 0.29) is 38.8 Å². The summed E-state index contributed by atoms with van der Waals surface area (Å²) < 4.78 is 5.38. The van der Waals surface area contributed by atoms with Gasteiger partial charge in [-0.3, -0.25) is 19.3 Å². The number of nitrogens with zero attached hydrogens (tertiary/aromatic N) is 1. The molecule has 1 aliphatic heterocycles. The molecule has 202 valence electrons. The summed E-state index contributed by atoms with van der Waals surface area (Å²) in [5.74, 6) is -3.12. The highest BCUT2D eigenvalue weighted by atomic mass is 35.5. The van der Waals surface area contributed by atoms with Gasteiger partial charge in [0.2, 0.25) is 0 Å². The molecule has 0 aliphatic carbocycles. The Morgan fingerprint density at radius 3 is 2.13 bits per heavy atom. The van der Waals surface area contributed by atoms with Gasteiger partial charge >= 0.3 is 5.97 Å². The zero-order valence-corrected chi connectivity index (χ0v) is 23.3. The van der Waals surface area contributed by atoms with Gasteiger partial charge in [-0.15, -0.1) is 0 Å². The minimum Gasteiger partial charge on any atom is -0.507 e. The molecule has 0 aromatic heterocycles. The van der Waals surface area contributed by atoms with Crippen LogP contribution in [0, 0.1) is 0 Å². The maximum Gasteiger partial charge on any atom is 0.307 e. The summed E-state index contributed by atoms with van der Waals surface area (Å²) in [6.45, 7) is 6.21. The standard InChI is InChI=1S/C30H27Cl2NO6/c1-30(2,3)18-9-7-17(8-10-18)25-24(26(36)21-14-19(31)15-22(32)28(21)39-4)27(37)29(38)33(25)20-11-5-16(6-12-20)13-23(34)35/h5-12,14-15,25,36H,13H2,1-4H3,(H,34,35)/b26-24+. The van der Waals surface area contributed by atoms with Crippen molar-refractivity contribution in [3.63, 3.8) is 0 Å². The predicted molar refractivity (Wildman–Crippen MR) is 151 cm³/mol. The van der Waals surface area contributed by atoms with Gasteiger partial charge in [0.1, 0.15) is 11.5 Å². The number of amides is 1. The van der Waals surface area contributed by atoms with Gasteiger partial charge < -0.3 is 14.9 Å². The molecule has 1 atom stereocenters. The number of aliphatic hydroxyl groups excluding tert-OH is 1. The van der Waals surface area contributed by atoms with Gasteiger partial charge in [0.05, 0.1) is 35.7 Å². The second-order valence-electron chi connectivity index (χ2n) is 10.2. The number of carboxylic acids is 1. The predicted octanol–water partition coefficient (Wildman–Crippen LogP) is 6.55. The van der Waals surface area contributed by atoms with Gasteiger partial charge in [-0.05, 0) is 46.4 Å². The first-order valence-electron chi connectivity index (χ1n) is 12.1. The third-order valence-electron chi connectivity index (χ3n) is 6.57. The molecule has 3 aromatic rings. The number of anilines is 1. The van der Waals surface area contributed by atoms with E-state index < -0.39 is 29.5 Å². The number of carboxylic acid groups (broad SMARTS) is 1. The molecule has 1 fully saturated rings. The van der Waals surface area contributed by atoms with Crippen LogP contribution in [-0.2, 0) is 26.2 Å². The Hall–Kier alpha value is -3.81. The van der Waals surface area contributed by atoms with Crippen LogP contribution in [0.25, 0.3) is 5.76 Å². The van der Waals surface area contributed by atoms with Crippen LogP contribution in [0.3, 0.4) is 0 Å². The van der Waals surface area contributed by atoms with E-state index in [1.807, 2.05) is 24.3 Å². The highest BCUT2D eigenvalue weighted by Gasteiger charge is 2.47. The van der Waals surface area contributed by atoms with E-state index in [9.17, 15) is 19.5 Å². The van der Waals surface area contributed by atoms with Gasteiger partial charge in [-0.1, -0.05) is 80.4 Å². The van der Waals surface area contributed by atoms with E-state index in [4.69, 9.17) is 33.0 Å². The average molecular weight is 568 g/mol. The Bertz CT molecular complexity index is 1490. The molecule has 1 saturated heterocycles. The fraction of sp³-hybridized carbons (Fsp3) is 0.233. The normalized spacial score (nSPS) is 17.0. The van der Waals surface area contributed by atoms with Crippen LogP contribution in [0.15, 0.2) is 66.2 Å².